The zero-order valence-corrected chi connectivity index (χ0v) is 81.6. The van der Waals surface area contributed by atoms with Crippen LogP contribution in [-0.2, 0) is 54.1 Å². The zero-order chi connectivity index (χ0) is 90.0. The topological polar surface area (TPSA) is 15.3 Å². The Morgan fingerprint density at radius 1 is 0.250 bits per heavy atom. The standard InChI is InChI=1S/C64H63N.C33H31Br.C31H33N.CH4/c1-60(2,3)43-19-25-51-52-26-20-44(61(4,5)6)33-58(52)64(57(51)32-43)55-16-12-10-14-49(55)53-28-24-47(35-59(53)64)65(46-23-27-50-48-13-9-11-15-54(48)62(7,8)56(50)34-46)45-21-17-42(18-22-45)63-36-39-29-40(37-63)31-41(30-39)38-63;1-31(2,3)20-11-14-24-25-15-12-21(32(4,5)6)18-29(25)33(28(24)17-20)27-10-8-7-9-23(27)26-16-13-22(34)19-30(26)33;1-30(2)28-6-4-3-5-26(28)27-12-11-25(16-29(27)30)32-24-9-7-23(8-10-24)31-17-20-13-21(18-31)15-22(14-20)19-31;/h9-28,32-35,39-41H,29-31,36-38H2,1-8H3;7-19H,1-6H3;3-12,16,20-22,32H,13-15,17-19H2,1-2H3;1H4. The number of nitrogens with zero attached hydrogens (tertiary/aromatic N) is 1. The summed E-state index contributed by atoms with van der Waals surface area (Å²) in [5, 5.41) is 3.70. The van der Waals surface area contributed by atoms with E-state index < -0.39 is 5.41 Å². The third-order valence-corrected chi connectivity index (χ3v) is 35.5. The van der Waals surface area contributed by atoms with Gasteiger partial charge in [-0.3, -0.25) is 0 Å². The van der Waals surface area contributed by atoms with Crippen LogP contribution in [0.15, 0.2) is 296 Å². The molecule has 8 saturated carbocycles. The molecule has 0 unspecified atom stereocenters. The molecule has 8 bridgehead atoms. The molecule has 132 heavy (non-hydrogen) atoms. The summed E-state index contributed by atoms with van der Waals surface area (Å²) in [5.41, 5.74) is 48.2. The molecule has 8 fully saturated rings. The van der Waals surface area contributed by atoms with Crippen LogP contribution >= 0.6 is 15.9 Å². The smallest absolute Gasteiger partial charge is 0.0726 e. The summed E-state index contributed by atoms with van der Waals surface area (Å²) >= 11 is 3.81. The molecule has 0 aliphatic heterocycles. The molecule has 14 aromatic rings. The molecule has 28 rings (SSSR count). The number of fused-ring (bicyclic) bond motifs is 26. The van der Waals surface area contributed by atoms with Crippen molar-refractivity contribution in [2.75, 3.05) is 10.2 Å². The summed E-state index contributed by atoms with van der Waals surface area (Å²) < 4.78 is 1.13. The van der Waals surface area contributed by atoms with Gasteiger partial charge < -0.3 is 10.2 Å². The maximum Gasteiger partial charge on any atom is 0.0726 e. The summed E-state index contributed by atoms with van der Waals surface area (Å²) in [6.45, 7) is 37.6. The Morgan fingerprint density at radius 2 is 0.508 bits per heavy atom. The van der Waals surface area contributed by atoms with Crippen LogP contribution in [0.2, 0.25) is 0 Å². The van der Waals surface area contributed by atoms with E-state index in [0.29, 0.717) is 10.8 Å². The molecular formula is C129H131BrN2. The molecule has 0 aromatic heterocycles. The number of hydrogen-bond acceptors (Lipinski definition) is 2. The largest absolute Gasteiger partial charge is 0.356 e. The van der Waals surface area contributed by atoms with E-state index in [9.17, 15) is 0 Å². The van der Waals surface area contributed by atoms with E-state index in [1.165, 1.54) is 261 Å². The quantitative estimate of drug-likeness (QED) is 0.171. The first kappa shape index (κ1) is 85.4. The van der Waals surface area contributed by atoms with Gasteiger partial charge in [0.2, 0.25) is 0 Å². The number of hydrogen-bond donors (Lipinski definition) is 1. The number of rotatable bonds is 7. The third-order valence-electron chi connectivity index (χ3n) is 35.0. The van der Waals surface area contributed by atoms with Gasteiger partial charge >= 0.3 is 0 Å². The summed E-state index contributed by atoms with van der Waals surface area (Å²) in [4.78, 5) is 2.59. The Morgan fingerprint density at radius 3 is 0.871 bits per heavy atom. The highest BCUT2D eigenvalue weighted by Crippen LogP contribution is 2.69. The van der Waals surface area contributed by atoms with Crippen molar-refractivity contribution in [3.05, 3.63) is 396 Å². The highest BCUT2D eigenvalue weighted by Gasteiger charge is 2.57. The number of nitrogens with one attached hydrogen (secondary N) is 1. The van der Waals surface area contributed by atoms with E-state index in [1.54, 1.807) is 11.1 Å². The maximum atomic E-state index is 3.81. The summed E-state index contributed by atoms with van der Waals surface area (Å²) in [5.74, 6) is 5.76. The Balaban J connectivity index is 0.000000124. The summed E-state index contributed by atoms with van der Waals surface area (Å²) in [6, 6.07) is 114. The van der Waals surface area contributed by atoms with Crippen molar-refractivity contribution in [2.24, 2.45) is 35.5 Å². The van der Waals surface area contributed by atoms with E-state index in [2.05, 4.69) is 428 Å². The van der Waals surface area contributed by atoms with E-state index in [1.807, 2.05) is 0 Å². The molecule has 1 N–H and O–H groups in total. The van der Waals surface area contributed by atoms with Gasteiger partial charge in [-0.2, -0.15) is 0 Å². The fourth-order valence-electron chi connectivity index (χ4n) is 29.4. The molecule has 0 heterocycles. The van der Waals surface area contributed by atoms with Crippen molar-refractivity contribution in [1.29, 1.82) is 0 Å². The normalized spacial score (nSPS) is 22.8. The van der Waals surface area contributed by atoms with Gasteiger partial charge in [-0.05, 0) is 385 Å². The lowest BCUT2D eigenvalue weighted by atomic mass is 9.48. The second kappa shape index (κ2) is 29.8. The highest BCUT2D eigenvalue weighted by atomic mass is 79.9. The van der Waals surface area contributed by atoms with Crippen LogP contribution in [0.1, 0.15) is 295 Å². The highest BCUT2D eigenvalue weighted by molar-refractivity contribution is 9.10. The van der Waals surface area contributed by atoms with Crippen molar-refractivity contribution >= 4 is 44.4 Å². The van der Waals surface area contributed by atoms with Gasteiger partial charge in [-0.15, -0.1) is 0 Å². The maximum absolute atomic E-state index is 3.81. The third kappa shape index (κ3) is 12.9. The molecule has 0 saturated heterocycles. The van der Waals surface area contributed by atoms with Crippen LogP contribution in [0.3, 0.4) is 0 Å². The second-order valence-corrected chi connectivity index (χ2v) is 48.8. The van der Waals surface area contributed by atoms with E-state index in [0.717, 1.165) is 40.0 Å². The minimum atomic E-state index is -0.468. The minimum absolute atomic E-state index is 0. The molecule has 2 spiro atoms. The fourth-order valence-corrected chi connectivity index (χ4v) is 29.7. The van der Waals surface area contributed by atoms with E-state index in [4.69, 9.17) is 0 Å². The molecule has 3 heteroatoms. The molecule has 664 valence electrons. The van der Waals surface area contributed by atoms with Crippen LogP contribution in [0, 0.1) is 35.5 Å². The second-order valence-electron chi connectivity index (χ2n) is 47.9. The monoisotopic (exact) mass is 1790 g/mol. The average molecular weight is 1790 g/mol. The number of benzene rings is 14. The molecule has 14 aromatic carbocycles. The lowest BCUT2D eigenvalue weighted by molar-refractivity contribution is -0.00530. The van der Waals surface area contributed by atoms with Crippen LogP contribution in [-0.4, -0.2) is 0 Å². The molecule has 0 atom stereocenters. The van der Waals surface area contributed by atoms with Gasteiger partial charge in [0, 0.05) is 43.7 Å². The lowest BCUT2D eigenvalue weighted by Gasteiger charge is -2.57. The van der Waals surface area contributed by atoms with Gasteiger partial charge in [-0.25, -0.2) is 0 Å². The molecule has 0 radical (unpaired) electrons. The van der Waals surface area contributed by atoms with Crippen molar-refractivity contribution in [3.8, 4) is 66.8 Å². The van der Waals surface area contributed by atoms with Gasteiger partial charge in [0.1, 0.15) is 0 Å². The van der Waals surface area contributed by atoms with E-state index in [-0.39, 0.29) is 45.3 Å². The Kier molecular flexibility index (Phi) is 19.3. The zero-order valence-electron chi connectivity index (χ0n) is 80.0. The predicted octanol–water partition coefficient (Wildman–Crippen LogP) is 35.1. The first-order valence-electron chi connectivity index (χ1n) is 49.7. The fraction of sp³-hybridized carbons (Fsp3) is 0.349. The van der Waals surface area contributed by atoms with Gasteiger partial charge in [0.25, 0.3) is 0 Å². The van der Waals surface area contributed by atoms with Crippen LogP contribution in [0.25, 0.3) is 66.8 Å². The van der Waals surface area contributed by atoms with Crippen LogP contribution < -0.4 is 10.2 Å². The summed E-state index contributed by atoms with van der Waals surface area (Å²) in [6.07, 6.45) is 17.4. The van der Waals surface area contributed by atoms with Crippen molar-refractivity contribution in [3.63, 3.8) is 0 Å². The van der Waals surface area contributed by atoms with E-state index >= 15 is 0 Å². The SMILES string of the molecule is C.CC(C)(C)c1ccc2c(c1)C1(c3ccccc3-c3ccc(Br)cc31)c1cc(C(C)(C)C)ccc1-2.CC(C)(C)c1ccc2c(c1)C1(c3ccccc3-c3ccc(N(c4ccc(C56CC7CC(CC(C7)C5)C6)cc4)c4ccc5c(c4)C(C)(C)c4ccccc4-5)cc31)c1cc(C(C)(C)C)ccc1-2.CC1(C)c2ccccc2-c2ccc(Nc3ccc(C45CC6CC(CC(C6)C4)C5)cc3)cc21. The number of halogens is 1. The van der Waals surface area contributed by atoms with Crippen molar-refractivity contribution in [1.82, 2.24) is 0 Å². The van der Waals surface area contributed by atoms with Crippen LogP contribution in [0.4, 0.5) is 28.4 Å². The van der Waals surface area contributed by atoms with Crippen molar-refractivity contribution in [2.45, 2.75) is 249 Å². The van der Waals surface area contributed by atoms with Gasteiger partial charge in [-0.1, -0.05) is 353 Å². The minimum Gasteiger partial charge on any atom is -0.356 e. The van der Waals surface area contributed by atoms with Gasteiger partial charge in [0.15, 0.2) is 0 Å². The lowest BCUT2D eigenvalue weighted by Crippen LogP contribution is -2.48. The average Bonchev–Trinajstić information content (AvgIpc) is 1.51. The first-order valence-corrected chi connectivity index (χ1v) is 50.5. The molecule has 0 amide bonds. The summed E-state index contributed by atoms with van der Waals surface area (Å²) in [7, 11) is 0. The Hall–Kier alpha value is -10.8. The van der Waals surface area contributed by atoms with Crippen LogP contribution in [0.5, 0.6) is 0 Å². The Bertz CT molecular complexity index is 6860. The number of anilines is 5. The molecule has 14 aliphatic carbocycles. The Labute approximate surface area is 796 Å². The molecular weight excluding hydrogens is 1660 g/mol. The molecule has 14 aliphatic rings. The molecule has 2 nitrogen and oxygen atoms in total. The predicted molar refractivity (Wildman–Crippen MR) is 560 cm³/mol. The van der Waals surface area contributed by atoms with Gasteiger partial charge in [0.05, 0.1) is 10.8 Å². The first-order chi connectivity index (χ1) is 62.7. The van der Waals surface area contributed by atoms with Crippen molar-refractivity contribution < 1.29 is 0 Å².